The first-order valence-corrected chi connectivity index (χ1v) is 37.4. The summed E-state index contributed by atoms with van der Waals surface area (Å²) in [6, 6.07) is -0.596. The average Bonchev–Trinajstić information content (AvgIpc) is 1.63. The molecule has 568 valence electrons. The number of hydrogen-bond acceptors (Lipinski definition) is 21. The first-order valence-electron chi connectivity index (χ1n) is 36.4. The number of carbonyl (C=O) groups is 11. The number of nitrogens with one attached hydrogen (secondary N) is 4. The van der Waals surface area contributed by atoms with E-state index < -0.39 is 59.8 Å². The number of aliphatic carboxylic acids is 8. The predicted octanol–water partition coefficient (Wildman–Crippen LogP) is 0.732. The second-order valence-corrected chi connectivity index (χ2v) is 29.9. The van der Waals surface area contributed by atoms with E-state index in [4.69, 9.17) is 0 Å². The molecule has 0 spiro atoms. The standard InChI is InChI=1S/C67H115N13O19S/c81-56(68-50-16-12-48(13-17-50)35-52-37-77(43-62(91)92)29-27-73(39-58(83)84)23-25-75(41-60(87)88)31-33-79(52)45-64(95)96)10-3-1-6-20-72(22-8-5-9-55-66-54(47-100-55)70-67(99)71-66)21-7-2-4-11-57(82)69-51-18-14-49(15-19-51)36-53-38-78(44-63(93)94)30-28-74(40-59(85)86)24-26-76(42-61(89)90)32-34-80(53)46-65(97)98/h48-55,66H,1-47H2,(H,68,81)(H,69,82)(H,83,84)(H,85,86)(H,87,88)(H,89,90)(H,91,92)(H,93,94)(H,95,96)(H,97,98)(H2,70,71,99). The van der Waals surface area contributed by atoms with E-state index in [0.29, 0.717) is 30.9 Å². The Bertz CT molecular complexity index is 2480. The van der Waals surface area contributed by atoms with Gasteiger partial charge in [0.05, 0.1) is 64.4 Å². The molecule has 100 heavy (non-hydrogen) atoms. The van der Waals surface area contributed by atoms with Crippen molar-refractivity contribution in [1.82, 2.24) is 65.4 Å². The molecule has 2 aliphatic carbocycles. The van der Waals surface area contributed by atoms with Crippen molar-refractivity contribution in [1.29, 1.82) is 0 Å². The zero-order valence-electron chi connectivity index (χ0n) is 58.4. The normalized spacial score (nSPS) is 26.0. The van der Waals surface area contributed by atoms with E-state index in [2.05, 4.69) is 26.2 Å². The number of rotatable bonds is 39. The van der Waals surface area contributed by atoms with Gasteiger partial charge in [-0.15, -0.1) is 0 Å². The van der Waals surface area contributed by atoms with E-state index in [9.17, 15) is 93.6 Å². The number of carboxylic acid groups (broad SMARTS) is 8. The second kappa shape index (κ2) is 44.5. The lowest BCUT2D eigenvalue weighted by Crippen LogP contribution is -2.53. The monoisotopic (exact) mass is 1440 g/mol. The van der Waals surface area contributed by atoms with E-state index in [0.717, 1.165) is 135 Å². The van der Waals surface area contributed by atoms with Crippen molar-refractivity contribution < 1.29 is 93.6 Å². The van der Waals surface area contributed by atoms with Crippen molar-refractivity contribution in [2.45, 2.75) is 176 Å². The van der Waals surface area contributed by atoms with Crippen molar-refractivity contribution in [3.8, 4) is 0 Å². The van der Waals surface area contributed by atoms with Crippen LogP contribution < -0.4 is 21.3 Å². The molecule has 4 heterocycles. The fourth-order valence-corrected chi connectivity index (χ4v) is 17.0. The molecule has 4 aliphatic heterocycles. The van der Waals surface area contributed by atoms with Crippen LogP contribution in [0, 0.1) is 11.8 Å². The number of hydrogen-bond donors (Lipinski definition) is 12. The number of urea groups is 1. The highest BCUT2D eigenvalue weighted by Crippen LogP contribution is 2.34. The fourth-order valence-electron chi connectivity index (χ4n) is 15.5. The summed E-state index contributed by atoms with van der Waals surface area (Å²) in [6.07, 6.45) is 16.0. The molecule has 4 amide bonds. The van der Waals surface area contributed by atoms with Crippen molar-refractivity contribution >= 4 is 77.4 Å². The molecule has 5 atom stereocenters. The van der Waals surface area contributed by atoms with Crippen LogP contribution in [-0.2, 0) is 47.9 Å². The molecule has 33 heteroatoms. The minimum atomic E-state index is -1.06. The molecule has 6 fully saturated rings. The molecule has 0 radical (unpaired) electrons. The molecule has 2 saturated carbocycles. The van der Waals surface area contributed by atoms with Gasteiger partial charge < -0.3 is 67.0 Å². The third kappa shape index (κ3) is 32.9. The second-order valence-electron chi connectivity index (χ2n) is 28.6. The summed E-state index contributed by atoms with van der Waals surface area (Å²) in [7, 11) is 0. The van der Waals surface area contributed by atoms with Crippen LogP contribution in [0.5, 0.6) is 0 Å². The average molecular weight is 1440 g/mol. The van der Waals surface area contributed by atoms with E-state index in [1.165, 1.54) is 0 Å². The molecular weight excluding hydrogens is 1320 g/mol. The molecule has 6 rings (SSSR count). The van der Waals surface area contributed by atoms with Gasteiger partial charge in [0.1, 0.15) is 0 Å². The number of nitrogens with zero attached hydrogens (tertiary/aromatic N) is 9. The zero-order chi connectivity index (χ0) is 72.5. The Balaban J connectivity index is 0.942. The number of amides is 4. The molecule has 0 aromatic rings. The van der Waals surface area contributed by atoms with Gasteiger partial charge in [0.15, 0.2) is 0 Å². The van der Waals surface area contributed by atoms with Gasteiger partial charge in [-0.3, -0.25) is 87.1 Å². The van der Waals surface area contributed by atoms with Crippen molar-refractivity contribution in [2.75, 3.05) is 169 Å². The lowest BCUT2D eigenvalue weighted by Gasteiger charge is -2.40. The molecule has 0 aromatic heterocycles. The van der Waals surface area contributed by atoms with Gasteiger partial charge >= 0.3 is 53.8 Å². The highest BCUT2D eigenvalue weighted by atomic mass is 32.2. The van der Waals surface area contributed by atoms with E-state index in [1.807, 2.05) is 21.6 Å². The van der Waals surface area contributed by atoms with Crippen LogP contribution in [-0.4, -0.2) is 361 Å². The largest absolute Gasteiger partial charge is 0.480 e. The number of thioether (sulfide) groups is 1. The van der Waals surface area contributed by atoms with Crippen molar-refractivity contribution in [3.63, 3.8) is 0 Å². The quantitative estimate of drug-likeness (QED) is 0.0298. The molecule has 12 N–H and O–H groups in total. The van der Waals surface area contributed by atoms with E-state index in [-0.39, 0.29) is 198 Å². The maximum atomic E-state index is 13.4. The van der Waals surface area contributed by atoms with Gasteiger partial charge in [0, 0.05) is 140 Å². The Morgan fingerprint density at radius 2 is 0.730 bits per heavy atom. The first-order chi connectivity index (χ1) is 47.8. The Morgan fingerprint density at radius 1 is 0.400 bits per heavy atom. The third-order valence-electron chi connectivity index (χ3n) is 20.7. The summed E-state index contributed by atoms with van der Waals surface area (Å²) in [4.78, 5) is 151. The van der Waals surface area contributed by atoms with Gasteiger partial charge in [-0.05, 0) is 134 Å². The molecule has 4 saturated heterocycles. The highest BCUT2D eigenvalue weighted by Gasteiger charge is 2.43. The molecule has 6 aliphatic rings. The summed E-state index contributed by atoms with van der Waals surface area (Å²) in [5.74, 6) is -7.29. The van der Waals surface area contributed by atoms with Gasteiger partial charge in [0.25, 0.3) is 0 Å². The SMILES string of the molecule is O=C(O)CN1CCN(CC(=O)O)CCN(CC(=O)O)C(CC2CCC(NC(=O)CCCCCN(CCCCCC(=O)NC3CCC(CC4CN(CC(=O)O)CCN(CC(=O)O)CCN(CC(=O)O)CCN4CC(=O)O)CC3)CCCCC3SCC4NC(=O)NC43)CC2)CN(CC(=O)O)CC1. The van der Waals surface area contributed by atoms with Crippen molar-refractivity contribution in [2.24, 2.45) is 11.8 Å². The van der Waals surface area contributed by atoms with E-state index >= 15 is 0 Å². The topological polar surface area (TPSA) is 427 Å². The van der Waals surface area contributed by atoms with Crippen molar-refractivity contribution in [3.05, 3.63) is 0 Å². The Morgan fingerprint density at radius 3 is 1.09 bits per heavy atom. The van der Waals surface area contributed by atoms with Crippen LogP contribution in [0.15, 0.2) is 0 Å². The molecule has 32 nitrogen and oxygen atoms in total. The Kier molecular flexibility index (Phi) is 36.9. The molecule has 5 unspecified atom stereocenters. The van der Waals surface area contributed by atoms with Gasteiger partial charge in [-0.1, -0.05) is 19.3 Å². The van der Waals surface area contributed by atoms with Crippen LogP contribution >= 0.6 is 11.8 Å². The number of fused-ring (bicyclic) bond motifs is 1. The maximum Gasteiger partial charge on any atom is 0.317 e. The third-order valence-corrected chi connectivity index (χ3v) is 22.2. The lowest BCUT2D eigenvalue weighted by atomic mass is 9.81. The lowest BCUT2D eigenvalue weighted by molar-refractivity contribution is -0.142. The number of unbranched alkanes of at least 4 members (excludes halogenated alkanes) is 5. The summed E-state index contributed by atoms with van der Waals surface area (Å²) < 4.78 is 0. The Hall–Kier alpha value is -6.04. The van der Waals surface area contributed by atoms with Crippen LogP contribution in [0.3, 0.4) is 0 Å². The summed E-state index contributed by atoms with van der Waals surface area (Å²) >= 11 is 1.91. The Labute approximate surface area is 591 Å². The van der Waals surface area contributed by atoms with Gasteiger partial charge in [-0.2, -0.15) is 11.8 Å². The summed E-state index contributed by atoms with van der Waals surface area (Å²) in [5, 5.41) is 91.4. The van der Waals surface area contributed by atoms with Gasteiger partial charge in [-0.25, -0.2) is 4.79 Å². The minimum Gasteiger partial charge on any atom is -0.480 e. The minimum absolute atomic E-state index is 0.00190. The first kappa shape index (κ1) is 82.9. The van der Waals surface area contributed by atoms with Crippen LogP contribution in [0.25, 0.3) is 0 Å². The zero-order valence-corrected chi connectivity index (χ0v) is 59.2. The smallest absolute Gasteiger partial charge is 0.317 e. The van der Waals surface area contributed by atoms with Crippen LogP contribution in [0.1, 0.15) is 135 Å². The summed E-state index contributed by atoms with van der Waals surface area (Å²) in [6.45, 7) is 3.25. The fraction of sp³-hybridized carbons (Fsp3) is 0.836. The highest BCUT2D eigenvalue weighted by molar-refractivity contribution is 8.00. The molecular formula is C67H115N13O19S. The molecule has 0 bridgehead atoms. The summed E-state index contributed by atoms with van der Waals surface area (Å²) in [5.41, 5.74) is 0. The van der Waals surface area contributed by atoms with Gasteiger partial charge in [0.2, 0.25) is 11.8 Å². The molecule has 0 aromatic carbocycles. The maximum absolute atomic E-state index is 13.4. The van der Waals surface area contributed by atoms with Crippen LogP contribution in [0.2, 0.25) is 0 Å². The number of carboxylic acids is 8. The van der Waals surface area contributed by atoms with Crippen LogP contribution in [0.4, 0.5) is 4.79 Å². The number of carbonyl (C=O) groups excluding carboxylic acids is 3. The predicted molar refractivity (Wildman–Crippen MR) is 370 cm³/mol. The van der Waals surface area contributed by atoms with E-state index in [1.54, 1.807) is 29.4 Å².